The third-order valence-corrected chi connectivity index (χ3v) is 7.47. The van der Waals surface area contributed by atoms with E-state index in [0.717, 1.165) is 66.0 Å². The minimum atomic E-state index is 0.710. The second-order valence-electron chi connectivity index (χ2n) is 9.68. The van der Waals surface area contributed by atoms with Crippen molar-refractivity contribution in [1.29, 1.82) is 0 Å². The third kappa shape index (κ3) is 3.29. The van der Waals surface area contributed by atoms with E-state index in [1.54, 1.807) is 24.8 Å². The van der Waals surface area contributed by atoms with Crippen molar-refractivity contribution in [2.24, 2.45) is 0 Å². The molecule has 0 saturated heterocycles. The van der Waals surface area contributed by atoms with Gasteiger partial charge in [-0.1, -0.05) is 18.2 Å². The first-order valence-corrected chi connectivity index (χ1v) is 12.9. The fourth-order valence-corrected chi connectivity index (χ4v) is 5.61. The van der Waals surface area contributed by atoms with Crippen molar-refractivity contribution in [3.05, 3.63) is 109 Å². The second-order valence-corrected chi connectivity index (χ2v) is 9.68. The van der Waals surface area contributed by atoms with Gasteiger partial charge in [-0.25, -0.2) is 0 Å². The Hall–Kier alpha value is -5.63. The van der Waals surface area contributed by atoms with Gasteiger partial charge in [0.05, 0.1) is 34.5 Å². The zero-order chi connectivity index (χ0) is 26.6. The van der Waals surface area contributed by atoms with Gasteiger partial charge in [-0.15, -0.1) is 10.2 Å². The van der Waals surface area contributed by atoms with Crippen molar-refractivity contribution < 1.29 is 0 Å². The van der Waals surface area contributed by atoms with Crippen LogP contribution in [0.2, 0.25) is 0 Å². The summed E-state index contributed by atoms with van der Waals surface area (Å²) in [5, 5.41) is 21.9. The molecule has 2 aromatic carbocycles. The van der Waals surface area contributed by atoms with Crippen LogP contribution in [0.3, 0.4) is 0 Å². The molecule has 8 aromatic rings. The topological polar surface area (TPSA) is 95.2 Å². The zero-order valence-electron chi connectivity index (χ0n) is 21.4. The number of pyridine rings is 3. The molecule has 0 bridgehead atoms. The highest BCUT2D eigenvalue weighted by atomic mass is 15.1. The Morgan fingerprint density at radius 3 is 1.90 bits per heavy atom. The van der Waals surface area contributed by atoms with Crippen LogP contribution in [0.15, 0.2) is 104 Å². The summed E-state index contributed by atoms with van der Waals surface area (Å²) >= 11 is 0. The molecule has 6 heterocycles. The molecule has 8 nitrogen and oxygen atoms in total. The van der Waals surface area contributed by atoms with E-state index >= 15 is 0 Å². The highest BCUT2D eigenvalue weighted by Gasteiger charge is 2.21. The summed E-state index contributed by atoms with van der Waals surface area (Å²) < 4.78 is 2.26. The number of para-hydroxylation sites is 1. The predicted octanol–water partition coefficient (Wildman–Crippen LogP) is 6.50. The summed E-state index contributed by atoms with van der Waals surface area (Å²) in [4.78, 5) is 13.8. The van der Waals surface area contributed by atoms with Crippen LogP contribution in [0.5, 0.6) is 0 Å². The SMILES string of the molecule is Cc1c(-c2nncc3cccnc23)cc(-n2c3ccccc3c3cnccc32)cc1-c1nncc2cccnc12. The van der Waals surface area contributed by atoms with Gasteiger partial charge in [-0.3, -0.25) is 15.0 Å². The molecule has 6 aromatic heterocycles. The van der Waals surface area contributed by atoms with Gasteiger partial charge in [0.1, 0.15) is 11.4 Å². The van der Waals surface area contributed by atoms with Gasteiger partial charge in [0.2, 0.25) is 0 Å². The lowest BCUT2D eigenvalue weighted by Gasteiger charge is -2.17. The van der Waals surface area contributed by atoms with Gasteiger partial charge in [-0.2, -0.15) is 10.2 Å². The molecule has 0 aliphatic rings. The molecule has 0 spiro atoms. The van der Waals surface area contributed by atoms with Crippen molar-refractivity contribution in [2.75, 3.05) is 0 Å². The lowest BCUT2D eigenvalue weighted by Crippen LogP contribution is -2.02. The molecule has 0 radical (unpaired) electrons. The molecule has 0 aliphatic heterocycles. The maximum absolute atomic E-state index is 4.69. The largest absolute Gasteiger partial charge is 0.309 e. The van der Waals surface area contributed by atoms with Crippen LogP contribution in [-0.2, 0) is 0 Å². The summed E-state index contributed by atoms with van der Waals surface area (Å²) in [7, 11) is 0. The fraction of sp³-hybridized carbons (Fsp3) is 0.0312. The minimum Gasteiger partial charge on any atom is -0.309 e. The molecular formula is C32H20N8. The molecule has 0 N–H and O–H groups in total. The van der Waals surface area contributed by atoms with Crippen molar-refractivity contribution in [1.82, 2.24) is 39.9 Å². The molecule has 188 valence electrons. The Balaban J connectivity index is 1.52. The Morgan fingerprint density at radius 1 is 0.600 bits per heavy atom. The maximum Gasteiger partial charge on any atom is 0.120 e. The molecule has 8 heteroatoms. The minimum absolute atomic E-state index is 0.710. The van der Waals surface area contributed by atoms with Gasteiger partial charge in [0.15, 0.2) is 0 Å². The summed E-state index contributed by atoms with van der Waals surface area (Å²) in [6.07, 6.45) is 10.8. The Morgan fingerprint density at radius 2 is 1.23 bits per heavy atom. The smallest absolute Gasteiger partial charge is 0.120 e. The standard InChI is InChI=1S/C32H20N8/c1-19-24(31-29-20(16-36-38-31)6-4-11-34-29)14-22(15-25(19)32-30-21(17-37-39-32)7-5-12-35-30)40-27-9-3-2-8-23(27)26-18-33-13-10-28(26)40/h2-18H,1H3. The highest BCUT2D eigenvalue weighted by molar-refractivity contribution is 6.09. The van der Waals surface area contributed by atoms with Crippen LogP contribution < -0.4 is 0 Å². The van der Waals surface area contributed by atoms with Crippen LogP contribution in [0.25, 0.3) is 71.8 Å². The van der Waals surface area contributed by atoms with Gasteiger partial charge in [0, 0.05) is 63.1 Å². The van der Waals surface area contributed by atoms with Crippen LogP contribution in [0, 0.1) is 6.92 Å². The molecule has 0 unspecified atom stereocenters. The summed E-state index contributed by atoms with van der Waals surface area (Å²) in [6.45, 7) is 2.08. The summed E-state index contributed by atoms with van der Waals surface area (Å²) in [5.41, 5.74) is 8.91. The molecule has 40 heavy (non-hydrogen) atoms. The van der Waals surface area contributed by atoms with Crippen LogP contribution >= 0.6 is 0 Å². The molecule has 8 rings (SSSR count). The Bertz CT molecular complexity index is 2090. The number of benzene rings is 2. The van der Waals surface area contributed by atoms with E-state index in [9.17, 15) is 0 Å². The van der Waals surface area contributed by atoms with Gasteiger partial charge < -0.3 is 4.57 Å². The van der Waals surface area contributed by atoms with E-state index in [-0.39, 0.29) is 0 Å². The van der Waals surface area contributed by atoms with E-state index in [0.29, 0.717) is 11.4 Å². The number of rotatable bonds is 3. The number of nitrogens with zero attached hydrogens (tertiary/aromatic N) is 8. The molecule has 0 fully saturated rings. The normalized spacial score (nSPS) is 11.6. The first-order chi connectivity index (χ1) is 19.8. The van der Waals surface area contributed by atoms with Gasteiger partial charge >= 0.3 is 0 Å². The summed E-state index contributed by atoms with van der Waals surface area (Å²) in [5.74, 6) is 0. The summed E-state index contributed by atoms with van der Waals surface area (Å²) in [6, 6.07) is 22.6. The number of fused-ring (bicyclic) bond motifs is 5. The Labute approximate surface area is 228 Å². The lowest BCUT2D eigenvalue weighted by atomic mass is 9.94. The van der Waals surface area contributed by atoms with Crippen molar-refractivity contribution in [3.63, 3.8) is 0 Å². The van der Waals surface area contributed by atoms with E-state index < -0.39 is 0 Å². The lowest BCUT2D eigenvalue weighted by molar-refractivity contribution is 1.04. The van der Waals surface area contributed by atoms with E-state index in [1.807, 2.05) is 42.7 Å². The predicted molar refractivity (Wildman–Crippen MR) is 156 cm³/mol. The zero-order valence-corrected chi connectivity index (χ0v) is 21.4. The molecule has 0 saturated carbocycles. The second kappa shape index (κ2) is 8.71. The van der Waals surface area contributed by atoms with E-state index in [2.05, 4.69) is 83.2 Å². The average Bonchev–Trinajstić information content (AvgIpc) is 3.35. The molecule has 0 amide bonds. The third-order valence-electron chi connectivity index (χ3n) is 7.47. The van der Waals surface area contributed by atoms with Crippen molar-refractivity contribution in [2.45, 2.75) is 6.92 Å². The first-order valence-electron chi connectivity index (χ1n) is 12.9. The average molecular weight is 517 g/mol. The van der Waals surface area contributed by atoms with Gasteiger partial charge in [0.25, 0.3) is 0 Å². The van der Waals surface area contributed by atoms with Crippen molar-refractivity contribution in [3.8, 4) is 28.2 Å². The quantitative estimate of drug-likeness (QED) is 0.265. The fourth-order valence-electron chi connectivity index (χ4n) is 5.61. The van der Waals surface area contributed by atoms with E-state index in [1.165, 1.54) is 0 Å². The monoisotopic (exact) mass is 516 g/mol. The first kappa shape index (κ1) is 22.4. The molecule has 0 aliphatic carbocycles. The van der Waals surface area contributed by atoms with Crippen molar-refractivity contribution >= 4 is 43.6 Å². The van der Waals surface area contributed by atoms with E-state index in [4.69, 9.17) is 0 Å². The highest BCUT2D eigenvalue weighted by Crippen LogP contribution is 2.39. The van der Waals surface area contributed by atoms with Crippen LogP contribution in [0.4, 0.5) is 0 Å². The number of aromatic nitrogens is 8. The maximum atomic E-state index is 4.69. The Kier molecular flexibility index (Phi) is 4.87. The number of hydrogen-bond acceptors (Lipinski definition) is 7. The van der Waals surface area contributed by atoms with Crippen LogP contribution in [0.1, 0.15) is 5.56 Å². The van der Waals surface area contributed by atoms with Crippen LogP contribution in [-0.4, -0.2) is 39.9 Å². The molecular weight excluding hydrogens is 496 g/mol. The molecule has 0 atom stereocenters. The number of hydrogen-bond donors (Lipinski definition) is 0. The van der Waals surface area contributed by atoms with Gasteiger partial charge in [-0.05, 0) is 61.0 Å².